The van der Waals surface area contributed by atoms with E-state index in [0.717, 1.165) is 11.5 Å². The molecule has 1 saturated heterocycles. The van der Waals surface area contributed by atoms with E-state index in [4.69, 9.17) is 5.41 Å². The number of hydrogen-bond donors (Lipinski definition) is 4. The largest absolute Gasteiger partial charge is 0.435 e. The SMILES string of the molecule is CC(O)C(C)Nc1cc(C=O)cnc1C(=N)c1cccc(OC(F)F)c1.CNC1(C)CS(=O)C1. The fourth-order valence-corrected chi connectivity index (χ4v) is 4.62. The Balaban J connectivity index is 0.000000430. The van der Waals surface area contributed by atoms with Crippen molar-refractivity contribution in [2.24, 2.45) is 0 Å². The van der Waals surface area contributed by atoms with Crippen LogP contribution in [-0.2, 0) is 10.8 Å². The van der Waals surface area contributed by atoms with Gasteiger partial charge in [-0.15, -0.1) is 0 Å². The van der Waals surface area contributed by atoms with Crippen LogP contribution in [0.4, 0.5) is 14.5 Å². The van der Waals surface area contributed by atoms with Crippen LogP contribution in [0.3, 0.4) is 0 Å². The van der Waals surface area contributed by atoms with Gasteiger partial charge in [0.05, 0.1) is 17.5 Å². The number of rotatable bonds is 9. The van der Waals surface area contributed by atoms with Crippen LogP contribution in [0.2, 0.25) is 0 Å². The second kappa shape index (κ2) is 12.1. The lowest BCUT2D eigenvalue weighted by Crippen LogP contribution is -2.58. The summed E-state index contributed by atoms with van der Waals surface area (Å²) in [6.45, 7) is 2.47. The van der Waals surface area contributed by atoms with Crippen molar-refractivity contribution in [1.82, 2.24) is 10.3 Å². The monoisotopic (exact) mass is 496 g/mol. The van der Waals surface area contributed by atoms with E-state index in [0.29, 0.717) is 23.1 Å². The molecule has 1 aliphatic rings. The van der Waals surface area contributed by atoms with Gasteiger partial charge in [-0.1, -0.05) is 12.1 Å². The van der Waals surface area contributed by atoms with Gasteiger partial charge in [0.15, 0.2) is 6.29 Å². The van der Waals surface area contributed by atoms with Crippen LogP contribution in [0.5, 0.6) is 5.75 Å². The van der Waals surface area contributed by atoms with Crippen LogP contribution >= 0.6 is 0 Å². The summed E-state index contributed by atoms with van der Waals surface area (Å²) in [6.07, 6.45) is 1.25. The van der Waals surface area contributed by atoms with Gasteiger partial charge >= 0.3 is 6.61 Å². The number of halogens is 2. The zero-order valence-corrected chi connectivity index (χ0v) is 20.3. The molecule has 4 N–H and O–H groups in total. The van der Waals surface area contributed by atoms with Gasteiger partial charge in [-0.2, -0.15) is 8.78 Å². The van der Waals surface area contributed by atoms with Gasteiger partial charge in [0.25, 0.3) is 0 Å². The Labute approximate surface area is 200 Å². The van der Waals surface area contributed by atoms with Crippen LogP contribution < -0.4 is 15.4 Å². The molecular formula is C23H30F2N4O4S. The standard InChI is InChI=1S/C18H19F2N3O3.C5H11NOS/c1-10(11(2)25)23-15-6-12(9-24)8-22-17(15)16(21)13-4-3-5-14(7-13)26-18(19)20;1-5(6-2)3-8(7)4-5/h3-11,18,21,23,25H,1-2H3;6H,3-4H2,1-2H3. The molecule has 3 rings (SSSR count). The van der Waals surface area contributed by atoms with Gasteiger partial charge in [0, 0.05) is 51.2 Å². The Morgan fingerprint density at radius 1 is 1.32 bits per heavy atom. The molecule has 11 heteroatoms. The molecule has 186 valence electrons. The smallest absolute Gasteiger partial charge is 0.387 e. The molecule has 2 atom stereocenters. The Morgan fingerprint density at radius 3 is 2.50 bits per heavy atom. The van der Waals surface area contributed by atoms with E-state index in [-0.39, 0.29) is 28.7 Å². The molecule has 1 aromatic heterocycles. The molecule has 0 bridgehead atoms. The normalized spacial score (nSPS) is 20.9. The third-order valence-electron chi connectivity index (χ3n) is 5.30. The maximum absolute atomic E-state index is 12.4. The fraction of sp³-hybridized carbons (Fsp3) is 0.435. The highest BCUT2D eigenvalue weighted by atomic mass is 32.2. The minimum atomic E-state index is -2.96. The van der Waals surface area contributed by atoms with Crippen molar-refractivity contribution in [3.63, 3.8) is 0 Å². The number of alkyl halides is 2. The molecule has 2 heterocycles. The van der Waals surface area contributed by atoms with Crippen LogP contribution in [0.1, 0.15) is 42.4 Å². The third-order valence-corrected chi connectivity index (χ3v) is 7.22. The predicted molar refractivity (Wildman–Crippen MR) is 129 cm³/mol. The molecule has 8 nitrogen and oxygen atoms in total. The van der Waals surface area contributed by atoms with Crippen molar-refractivity contribution in [2.75, 3.05) is 23.9 Å². The van der Waals surface area contributed by atoms with Gasteiger partial charge in [0.1, 0.15) is 11.4 Å². The summed E-state index contributed by atoms with van der Waals surface area (Å²) in [6, 6.07) is 6.89. The Kier molecular flexibility index (Phi) is 9.77. The lowest BCUT2D eigenvalue weighted by molar-refractivity contribution is -0.0498. The highest BCUT2D eigenvalue weighted by Crippen LogP contribution is 2.23. The topological polar surface area (TPSA) is 124 Å². The fourth-order valence-electron chi connectivity index (χ4n) is 3.00. The number of aliphatic hydroxyl groups excluding tert-OH is 1. The van der Waals surface area contributed by atoms with Crippen molar-refractivity contribution >= 4 is 28.5 Å². The van der Waals surface area contributed by atoms with E-state index in [9.17, 15) is 22.9 Å². The average Bonchev–Trinajstić information content (AvgIpc) is 2.77. The summed E-state index contributed by atoms with van der Waals surface area (Å²) in [4.78, 5) is 15.2. The highest BCUT2D eigenvalue weighted by molar-refractivity contribution is 7.86. The van der Waals surface area contributed by atoms with E-state index >= 15 is 0 Å². The van der Waals surface area contributed by atoms with E-state index in [1.807, 2.05) is 7.05 Å². The number of carbonyl (C=O) groups excluding carboxylic acids is 1. The summed E-state index contributed by atoms with van der Waals surface area (Å²) >= 11 is 0. The molecule has 1 aliphatic heterocycles. The molecule has 0 saturated carbocycles. The minimum Gasteiger partial charge on any atom is -0.435 e. The predicted octanol–water partition coefficient (Wildman–Crippen LogP) is 2.82. The summed E-state index contributed by atoms with van der Waals surface area (Å²) < 4.78 is 39.7. The number of pyridine rings is 1. The van der Waals surface area contributed by atoms with Crippen LogP contribution in [0.25, 0.3) is 0 Å². The number of hydrogen-bond acceptors (Lipinski definition) is 8. The Bertz CT molecular complexity index is 1030. The summed E-state index contributed by atoms with van der Waals surface area (Å²) in [5.41, 5.74) is 1.37. The first-order chi connectivity index (χ1) is 16.0. The first-order valence-corrected chi connectivity index (χ1v) is 12.0. The first kappa shape index (κ1) is 27.5. The molecule has 1 aromatic carbocycles. The van der Waals surface area contributed by atoms with Crippen LogP contribution in [0, 0.1) is 5.41 Å². The van der Waals surface area contributed by atoms with E-state index < -0.39 is 23.5 Å². The van der Waals surface area contributed by atoms with Gasteiger partial charge < -0.3 is 20.5 Å². The second-order valence-corrected chi connectivity index (χ2v) is 9.73. The summed E-state index contributed by atoms with van der Waals surface area (Å²) in [7, 11) is 1.39. The van der Waals surface area contributed by atoms with E-state index in [2.05, 4.69) is 27.3 Å². The van der Waals surface area contributed by atoms with E-state index in [1.165, 1.54) is 30.5 Å². The van der Waals surface area contributed by atoms with Crippen molar-refractivity contribution in [3.8, 4) is 5.75 Å². The van der Waals surface area contributed by atoms with Gasteiger partial charge in [0.2, 0.25) is 0 Å². The highest BCUT2D eigenvalue weighted by Gasteiger charge is 2.36. The lowest BCUT2D eigenvalue weighted by atomic mass is 10.0. The lowest BCUT2D eigenvalue weighted by Gasteiger charge is -2.36. The summed E-state index contributed by atoms with van der Waals surface area (Å²) in [5, 5.41) is 24.2. The van der Waals surface area contributed by atoms with Crippen molar-refractivity contribution in [3.05, 3.63) is 53.3 Å². The molecule has 0 radical (unpaired) electrons. The molecule has 1 fully saturated rings. The number of carbonyl (C=O) groups is 1. The quantitative estimate of drug-likeness (QED) is 0.311. The molecule has 0 spiro atoms. The van der Waals surface area contributed by atoms with Crippen molar-refractivity contribution < 1.29 is 27.6 Å². The zero-order chi connectivity index (χ0) is 25.5. The molecule has 34 heavy (non-hydrogen) atoms. The summed E-state index contributed by atoms with van der Waals surface area (Å²) in [5.74, 6) is 1.58. The third kappa shape index (κ3) is 7.64. The number of anilines is 1. The van der Waals surface area contributed by atoms with Gasteiger partial charge in [-0.25, -0.2) is 0 Å². The Morgan fingerprint density at radius 2 is 2.00 bits per heavy atom. The molecule has 2 unspecified atom stereocenters. The van der Waals surface area contributed by atoms with Crippen LogP contribution in [-0.4, -0.2) is 69.1 Å². The number of ether oxygens (including phenoxy) is 1. The first-order valence-electron chi connectivity index (χ1n) is 10.6. The molecule has 0 aliphatic carbocycles. The maximum atomic E-state index is 12.4. The van der Waals surface area contributed by atoms with Gasteiger partial charge in [-0.05, 0) is 46.0 Å². The molecule has 2 aromatic rings. The number of nitrogens with zero attached hydrogens (tertiary/aromatic N) is 1. The number of benzene rings is 1. The van der Waals surface area contributed by atoms with Crippen molar-refractivity contribution in [2.45, 2.75) is 45.1 Å². The minimum absolute atomic E-state index is 0.0394. The molecule has 0 amide bonds. The number of nitrogens with one attached hydrogen (secondary N) is 3. The van der Waals surface area contributed by atoms with E-state index in [1.54, 1.807) is 19.9 Å². The van der Waals surface area contributed by atoms with Crippen LogP contribution in [0.15, 0.2) is 36.5 Å². The molecular weight excluding hydrogens is 466 g/mol. The number of aldehydes is 1. The number of aromatic nitrogens is 1. The average molecular weight is 497 g/mol. The maximum Gasteiger partial charge on any atom is 0.387 e. The van der Waals surface area contributed by atoms with Gasteiger partial charge in [-0.3, -0.25) is 19.4 Å². The van der Waals surface area contributed by atoms with Crippen molar-refractivity contribution in [1.29, 1.82) is 5.41 Å². The Hall–Kier alpha value is -2.76. The zero-order valence-electron chi connectivity index (χ0n) is 19.5. The second-order valence-electron chi connectivity index (χ2n) is 8.28. The number of aliphatic hydroxyl groups is 1.